The SMILES string of the molecule is COc1ncc(-c2ccn(C)n2)cc1NC(=O)[C@H](Cc1ccccc1)NC1(c2cscn2)CC1. The number of hydrogen-bond acceptors (Lipinski definition) is 7. The minimum absolute atomic E-state index is 0.149. The quantitative estimate of drug-likeness (QED) is 0.384. The predicted molar refractivity (Wildman–Crippen MR) is 132 cm³/mol. The number of ether oxygens (including phenoxy) is 1. The van der Waals surface area contributed by atoms with E-state index in [1.54, 1.807) is 29.3 Å². The molecule has 4 aromatic rings. The minimum atomic E-state index is -0.463. The average Bonchev–Trinajstić information content (AvgIpc) is 3.22. The van der Waals surface area contributed by atoms with Crippen molar-refractivity contribution in [1.29, 1.82) is 0 Å². The maximum atomic E-state index is 13.6. The summed E-state index contributed by atoms with van der Waals surface area (Å²) in [6.45, 7) is 0. The number of nitrogens with zero attached hydrogens (tertiary/aromatic N) is 4. The molecule has 3 heterocycles. The summed E-state index contributed by atoms with van der Waals surface area (Å²) in [5, 5.41) is 13.2. The lowest BCUT2D eigenvalue weighted by Gasteiger charge is -2.24. The van der Waals surface area contributed by atoms with E-state index in [9.17, 15) is 4.79 Å². The van der Waals surface area contributed by atoms with E-state index in [-0.39, 0.29) is 11.4 Å². The molecule has 3 aromatic heterocycles. The molecule has 174 valence electrons. The number of carbonyl (C=O) groups is 1. The minimum Gasteiger partial charge on any atom is -0.480 e. The molecule has 1 aliphatic carbocycles. The Balaban J connectivity index is 1.42. The molecular formula is C25H26N6O2S. The third kappa shape index (κ3) is 4.71. The van der Waals surface area contributed by atoms with Gasteiger partial charge in [0.2, 0.25) is 11.8 Å². The molecule has 5 rings (SSSR count). The van der Waals surface area contributed by atoms with Crippen LogP contribution in [0.25, 0.3) is 11.3 Å². The van der Waals surface area contributed by atoms with Gasteiger partial charge in [0, 0.05) is 30.4 Å². The highest BCUT2D eigenvalue weighted by molar-refractivity contribution is 7.07. The number of rotatable bonds is 9. The zero-order valence-electron chi connectivity index (χ0n) is 19.1. The number of amides is 1. The molecule has 2 N–H and O–H groups in total. The Bertz CT molecular complexity index is 1270. The van der Waals surface area contributed by atoms with Crippen LogP contribution in [0.15, 0.2) is 65.7 Å². The number of nitrogens with one attached hydrogen (secondary N) is 2. The third-order valence-corrected chi connectivity index (χ3v) is 6.62. The average molecular weight is 475 g/mol. The molecule has 0 saturated heterocycles. The number of carbonyl (C=O) groups excluding carboxylic acids is 1. The van der Waals surface area contributed by atoms with Crippen molar-refractivity contribution in [3.8, 4) is 17.1 Å². The topological polar surface area (TPSA) is 94.0 Å². The van der Waals surface area contributed by atoms with E-state index in [0.717, 1.165) is 35.4 Å². The Morgan fingerprint density at radius 3 is 2.71 bits per heavy atom. The summed E-state index contributed by atoms with van der Waals surface area (Å²) in [4.78, 5) is 22.5. The Morgan fingerprint density at radius 2 is 2.06 bits per heavy atom. The zero-order valence-corrected chi connectivity index (χ0v) is 19.9. The number of methoxy groups -OCH3 is 1. The lowest BCUT2D eigenvalue weighted by molar-refractivity contribution is -0.118. The second-order valence-corrected chi connectivity index (χ2v) is 9.21. The van der Waals surface area contributed by atoms with Crippen LogP contribution < -0.4 is 15.4 Å². The maximum absolute atomic E-state index is 13.6. The number of benzene rings is 1. The van der Waals surface area contributed by atoms with Crippen LogP contribution in [-0.4, -0.2) is 38.8 Å². The lowest BCUT2D eigenvalue weighted by atomic mass is 10.0. The van der Waals surface area contributed by atoms with Gasteiger partial charge >= 0.3 is 0 Å². The molecule has 0 bridgehead atoms. The van der Waals surface area contributed by atoms with Crippen LogP contribution in [0, 0.1) is 0 Å². The van der Waals surface area contributed by atoms with Gasteiger partial charge in [0.25, 0.3) is 0 Å². The number of pyridine rings is 1. The van der Waals surface area contributed by atoms with Crippen LogP contribution in [0.5, 0.6) is 5.88 Å². The predicted octanol–water partition coefficient (Wildman–Crippen LogP) is 3.78. The molecule has 8 nitrogen and oxygen atoms in total. The second-order valence-electron chi connectivity index (χ2n) is 8.49. The van der Waals surface area contributed by atoms with E-state index in [1.807, 2.05) is 61.2 Å². The van der Waals surface area contributed by atoms with Crippen LogP contribution in [0.2, 0.25) is 0 Å². The Labute approximate surface area is 202 Å². The number of aryl methyl sites for hydroxylation is 1. The highest BCUT2D eigenvalue weighted by Gasteiger charge is 2.48. The molecule has 9 heteroatoms. The number of thiazole rings is 1. The molecule has 0 aliphatic heterocycles. The number of hydrogen-bond donors (Lipinski definition) is 2. The monoisotopic (exact) mass is 474 g/mol. The normalized spacial score (nSPS) is 15.0. The van der Waals surface area contributed by atoms with Crippen molar-refractivity contribution in [2.45, 2.75) is 30.8 Å². The van der Waals surface area contributed by atoms with E-state index in [0.29, 0.717) is 18.0 Å². The van der Waals surface area contributed by atoms with E-state index >= 15 is 0 Å². The standard InChI is InChI=1S/C25H26N6O2S/c1-31-11-8-19(30-31)18-13-21(24(33-2)26-14-18)28-23(32)20(12-17-6-4-3-5-7-17)29-25(9-10-25)22-15-34-16-27-22/h3-8,11,13-16,20,29H,9-10,12H2,1-2H3,(H,28,32)/t20-/m0/s1. The van der Waals surface area contributed by atoms with Gasteiger partial charge < -0.3 is 10.1 Å². The Morgan fingerprint density at radius 1 is 1.24 bits per heavy atom. The van der Waals surface area contributed by atoms with Crippen molar-refractivity contribution in [3.63, 3.8) is 0 Å². The van der Waals surface area contributed by atoms with Crippen LogP contribution in [0.1, 0.15) is 24.1 Å². The molecule has 1 fully saturated rings. The highest BCUT2D eigenvalue weighted by Crippen LogP contribution is 2.45. The van der Waals surface area contributed by atoms with Crippen LogP contribution >= 0.6 is 11.3 Å². The smallest absolute Gasteiger partial charge is 0.242 e. The molecule has 1 aromatic carbocycles. The molecular weight excluding hydrogens is 448 g/mol. The van der Waals surface area contributed by atoms with Crippen LogP contribution in [-0.2, 0) is 23.8 Å². The van der Waals surface area contributed by atoms with Crippen molar-refractivity contribution in [2.24, 2.45) is 7.05 Å². The van der Waals surface area contributed by atoms with E-state index in [2.05, 4.69) is 31.1 Å². The zero-order chi connectivity index (χ0) is 23.5. The van der Waals surface area contributed by atoms with Gasteiger partial charge in [0.05, 0.1) is 35.6 Å². The van der Waals surface area contributed by atoms with Gasteiger partial charge in [-0.25, -0.2) is 9.97 Å². The van der Waals surface area contributed by atoms with Crippen LogP contribution in [0.3, 0.4) is 0 Å². The molecule has 1 saturated carbocycles. The van der Waals surface area contributed by atoms with Gasteiger partial charge in [-0.15, -0.1) is 11.3 Å². The first-order chi connectivity index (χ1) is 16.6. The van der Waals surface area contributed by atoms with Gasteiger partial charge in [0.15, 0.2) is 0 Å². The van der Waals surface area contributed by atoms with Crippen LogP contribution in [0.4, 0.5) is 5.69 Å². The largest absolute Gasteiger partial charge is 0.480 e. The summed E-state index contributed by atoms with van der Waals surface area (Å²) in [7, 11) is 3.40. The van der Waals surface area contributed by atoms with Crippen molar-refractivity contribution < 1.29 is 9.53 Å². The van der Waals surface area contributed by atoms with Gasteiger partial charge in [-0.05, 0) is 37.0 Å². The first-order valence-electron chi connectivity index (χ1n) is 11.1. The summed E-state index contributed by atoms with van der Waals surface area (Å²) in [5.74, 6) is 0.204. The fourth-order valence-electron chi connectivity index (χ4n) is 4.07. The second kappa shape index (κ2) is 9.36. The molecule has 1 amide bonds. The van der Waals surface area contributed by atoms with E-state index < -0.39 is 6.04 Å². The van der Waals surface area contributed by atoms with E-state index in [4.69, 9.17) is 4.74 Å². The molecule has 0 unspecified atom stereocenters. The summed E-state index contributed by atoms with van der Waals surface area (Å²) < 4.78 is 7.16. The number of anilines is 1. The molecule has 1 atom stereocenters. The van der Waals surface area contributed by atoms with Crippen molar-refractivity contribution in [2.75, 3.05) is 12.4 Å². The van der Waals surface area contributed by atoms with E-state index in [1.165, 1.54) is 0 Å². The molecule has 0 spiro atoms. The van der Waals surface area contributed by atoms with Crippen molar-refractivity contribution in [1.82, 2.24) is 25.1 Å². The van der Waals surface area contributed by atoms with Gasteiger partial charge in [-0.2, -0.15) is 5.10 Å². The first kappa shape index (κ1) is 22.2. The molecule has 0 radical (unpaired) electrons. The van der Waals surface area contributed by atoms with Gasteiger partial charge in [-0.3, -0.25) is 14.8 Å². The van der Waals surface area contributed by atoms with Gasteiger partial charge in [-0.1, -0.05) is 30.3 Å². The fourth-order valence-corrected chi connectivity index (χ4v) is 4.72. The summed E-state index contributed by atoms with van der Waals surface area (Å²) >= 11 is 1.57. The van der Waals surface area contributed by atoms with Crippen molar-refractivity contribution in [3.05, 3.63) is 77.0 Å². The summed E-state index contributed by atoms with van der Waals surface area (Å²) in [5.41, 5.74) is 5.74. The lowest BCUT2D eigenvalue weighted by Crippen LogP contribution is -2.47. The Hall–Kier alpha value is -3.56. The summed E-state index contributed by atoms with van der Waals surface area (Å²) in [6.07, 6.45) is 6.02. The number of aromatic nitrogens is 4. The third-order valence-electron chi connectivity index (χ3n) is 6.03. The molecule has 1 aliphatic rings. The Kier molecular flexibility index (Phi) is 6.12. The van der Waals surface area contributed by atoms with Crippen molar-refractivity contribution >= 4 is 22.9 Å². The fraction of sp³-hybridized carbons (Fsp3) is 0.280. The molecule has 34 heavy (non-hydrogen) atoms. The summed E-state index contributed by atoms with van der Waals surface area (Å²) in [6, 6.07) is 13.3. The first-order valence-corrected chi connectivity index (χ1v) is 12.1. The van der Waals surface area contributed by atoms with Gasteiger partial charge in [0.1, 0.15) is 5.69 Å². The highest BCUT2D eigenvalue weighted by atomic mass is 32.1. The maximum Gasteiger partial charge on any atom is 0.242 e.